The van der Waals surface area contributed by atoms with Gasteiger partial charge in [0.2, 0.25) is 0 Å². The van der Waals surface area contributed by atoms with Gasteiger partial charge in [-0.2, -0.15) is 0 Å². The third-order valence-corrected chi connectivity index (χ3v) is 4.50. The van der Waals surface area contributed by atoms with Crippen molar-refractivity contribution in [1.82, 2.24) is 0 Å². The molecule has 0 amide bonds. The highest BCUT2D eigenvalue weighted by atomic mass is 35.5. The first-order valence-electron chi connectivity index (χ1n) is 5.31. The van der Waals surface area contributed by atoms with Crippen LogP contribution in [0, 0.1) is 0 Å². The van der Waals surface area contributed by atoms with Crippen molar-refractivity contribution in [2.24, 2.45) is 0 Å². The van der Waals surface area contributed by atoms with E-state index in [2.05, 4.69) is 0 Å². The number of benzene rings is 2. The maximum absolute atomic E-state index is 12.2. The van der Waals surface area contributed by atoms with E-state index >= 15 is 0 Å². The van der Waals surface area contributed by atoms with Gasteiger partial charge in [0, 0.05) is 5.02 Å². The summed E-state index contributed by atoms with van der Waals surface area (Å²) in [5.74, 6) is -0.0698. The molecule has 0 unspecified atom stereocenters. The van der Waals surface area contributed by atoms with Crippen molar-refractivity contribution >= 4 is 27.1 Å². The van der Waals surface area contributed by atoms with Crippen molar-refractivity contribution in [3.05, 3.63) is 59.1 Å². The van der Waals surface area contributed by atoms with Gasteiger partial charge in [-0.05, 0) is 23.8 Å². The average molecular weight is 282 g/mol. The molecule has 0 aliphatic rings. The summed E-state index contributed by atoms with van der Waals surface area (Å²) >= 11 is 5.75. The van der Waals surface area contributed by atoms with Gasteiger partial charge in [0.1, 0.15) is 0 Å². The number of nitrogen functional groups attached to an aromatic ring is 1. The molecule has 5 heteroatoms. The lowest BCUT2D eigenvalue weighted by molar-refractivity contribution is 0.595. The Hall–Kier alpha value is -1.52. The van der Waals surface area contributed by atoms with Crippen LogP contribution in [0.4, 0.5) is 5.69 Å². The van der Waals surface area contributed by atoms with Gasteiger partial charge >= 0.3 is 0 Å². The third kappa shape index (κ3) is 2.83. The predicted molar refractivity (Wildman–Crippen MR) is 73.2 cm³/mol. The molecular weight excluding hydrogens is 270 g/mol. The number of hydrogen-bond donors (Lipinski definition) is 1. The zero-order valence-electron chi connectivity index (χ0n) is 9.51. The molecule has 0 atom stereocenters. The largest absolute Gasteiger partial charge is 0.398 e. The van der Waals surface area contributed by atoms with Crippen LogP contribution in [0.15, 0.2) is 53.4 Å². The van der Waals surface area contributed by atoms with Crippen LogP contribution in [-0.4, -0.2) is 8.42 Å². The standard InChI is InChI=1S/C13H12ClNO2S/c14-11-6-7-13(12(15)8-11)18(16,17)9-10-4-2-1-3-5-10/h1-8H,9,15H2. The van der Waals surface area contributed by atoms with Gasteiger partial charge < -0.3 is 5.73 Å². The highest BCUT2D eigenvalue weighted by Gasteiger charge is 2.18. The van der Waals surface area contributed by atoms with Crippen molar-refractivity contribution < 1.29 is 8.42 Å². The molecule has 18 heavy (non-hydrogen) atoms. The van der Waals surface area contributed by atoms with E-state index in [-0.39, 0.29) is 16.3 Å². The first-order valence-corrected chi connectivity index (χ1v) is 7.34. The molecule has 0 saturated heterocycles. The van der Waals surface area contributed by atoms with Gasteiger partial charge in [0.25, 0.3) is 0 Å². The molecule has 0 aliphatic carbocycles. The first-order chi connectivity index (χ1) is 8.49. The Bertz CT molecular complexity index is 654. The molecule has 0 saturated carbocycles. The first kappa shape index (κ1) is 12.9. The summed E-state index contributed by atoms with van der Waals surface area (Å²) in [5.41, 5.74) is 6.61. The lowest BCUT2D eigenvalue weighted by Gasteiger charge is -2.07. The van der Waals surface area contributed by atoms with Gasteiger partial charge in [0.15, 0.2) is 9.84 Å². The summed E-state index contributed by atoms with van der Waals surface area (Å²) in [4.78, 5) is 0.121. The normalized spacial score (nSPS) is 11.4. The Morgan fingerprint density at radius 1 is 1.06 bits per heavy atom. The van der Waals surface area contributed by atoms with E-state index in [1.807, 2.05) is 6.07 Å². The molecule has 0 heterocycles. The van der Waals surface area contributed by atoms with Crippen LogP contribution >= 0.6 is 11.6 Å². The average Bonchev–Trinajstić information content (AvgIpc) is 2.29. The summed E-state index contributed by atoms with van der Waals surface area (Å²) in [6.45, 7) is 0. The molecule has 0 fully saturated rings. The lowest BCUT2D eigenvalue weighted by Crippen LogP contribution is -2.07. The van der Waals surface area contributed by atoms with Gasteiger partial charge in [-0.15, -0.1) is 0 Å². The molecular formula is C13H12ClNO2S. The zero-order valence-corrected chi connectivity index (χ0v) is 11.1. The van der Waals surface area contributed by atoms with Crippen LogP contribution in [-0.2, 0) is 15.6 Å². The minimum absolute atomic E-state index is 0.0698. The van der Waals surface area contributed by atoms with Crippen LogP contribution in [0.3, 0.4) is 0 Å². The second-order valence-electron chi connectivity index (χ2n) is 3.93. The van der Waals surface area contributed by atoms with Gasteiger partial charge in [0.05, 0.1) is 16.3 Å². The monoisotopic (exact) mass is 281 g/mol. The molecule has 3 nitrogen and oxygen atoms in total. The highest BCUT2D eigenvalue weighted by Crippen LogP contribution is 2.25. The number of sulfone groups is 1. The molecule has 0 aromatic heterocycles. The van der Waals surface area contributed by atoms with Crippen molar-refractivity contribution in [2.45, 2.75) is 10.6 Å². The Morgan fingerprint density at radius 2 is 1.72 bits per heavy atom. The highest BCUT2D eigenvalue weighted by molar-refractivity contribution is 7.90. The smallest absolute Gasteiger partial charge is 0.184 e. The maximum atomic E-state index is 12.2. The molecule has 94 valence electrons. The molecule has 2 aromatic carbocycles. The predicted octanol–water partition coefficient (Wildman–Crippen LogP) is 2.90. The summed E-state index contributed by atoms with van der Waals surface area (Å²) in [7, 11) is -3.44. The third-order valence-electron chi connectivity index (χ3n) is 2.51. The molecule has 0 spiro atoms. The second-order valence-corrected chi connectivity index (χ2v) is 6.32. The summed E-state index contributed by atoms with van der Waals surface area (Å²) in [5, 5.41) is 0.422. The van der Waals surface area contributed by atoms with E-state index in [0.29, 0.717) is 5.02 Å². The zero-order chi connectivity index (χ0) is 13.2. The van der Waals surface area contributed by atoms with Crippen LogP contribution < -0.4 is 5.73 Å². The number of anilines is 1. The SMILES string of the molecule is Nc1cc(Cl)ccc1S(=O)(=O)Cc1ccccc1. The maximum Gasteiger partial charge on any atom is 0.184 e. The molecule has 0 bridgehead atoms. The Balaban J connectivity index is 2.37. The summed E-state index contributed by atoms with van der Waals surface area (Å²) in [6.07, 6.45) is 0. The van der Waals surface area contributed by atoms with Crippen molar-refractivity contribution in [1.29, 1.82) is 0 Å². The van der Waals surface area contributed by atoms with E-state index in [0.717, 1.165) is 5.56 Å². The van der Waals surface area contributed by atoms with E-state index < -0.39 is 9.84 Å². The second kappa shape index (κ2) is 5.00. The fourth-order valence-electron chi connectivity index (χ4n) is 1.67. The van der Waals surface area contributed by atoms with E-state index in [4.69, 9.17) is 17.3 Å². The van der Waals surface area contributed by atoms with Gasteiger partial charge in [-0.3, -0.25) is 0 Å². The molecule has 2 N–H and O–H groups in total. The number of hydrogen-bond acceptors (Lipinski definition) is 3. The lowest BCUT2D eigenvalue weighted by atomic mass is 10.2. The van der Waals surface area contributed by atoms with E-state index in [1.165, 1.54) is 18.2 Å². The fourth-order valence-corrected chi connectivity index (χ4v) is 3.33. The van der Waals surface area contributed by atoms with Gasteiger partial charge in [-0.25, -0.2) is 8.42 Å². The van der Waals surface area contributed by atoms with Crippen molar-refractivity contribution in [3.63, 3.8) is 0 Å². The fraction of sp³-hybridized carbons (Fsp3) is 0.0769. The summed E-state index contributed by atoms with van der Waals surface area (Å²) < 4.78 is 24.4. The van der Waals surface area contributed by atoms with Crippen LogP contribution in [0.1, 0.15) is 5.56 Å². The number of nitrogens with two attached hydrogens (primary N) is 1. The van der Waals surface area contributed by atoms with Gasteiger partial charge in [-0.1, -0.05) is 41.9 Å². The molecule has 2 rings (SSSR count). The van der Waals surface area contributed by atoms with Crippen LogP contribution in [0.25, 0.3) is 0 Å². The van der Waals surface area contributed by atoms with Crippen molar-refractivity contribution in [3.8, 4) is 0 Å². The minimum atomic E-state index is -3.44. The van der Waals surface area contributed by atoms with Crippen molar-refractivity contribution in [2.75, 3.05) is 5.73 Å². The molecule has 0 aliphatic heterocycles. The minimum Gasteiger partial charge on any atom is -0.398 e. The Kier molecular flexibility index (Phi) is 3.59. The Morgan fingerprint density at radius 3 is 2.33 bits per heavy atom. The topological polar surface area (TPSA) is 60.2 Å². The molecule has 0 radical (unpaired) electrons. The van der Waals surface area contributed by atoms with Crippen LogP contribution in [0.5, 0.6) is 0 Å². The van der Waals surface area contributed by atoms with E-state index in [9.17, 15) is 8.42 Å². The number of rotatable bonds is 3. The van der Waals surface area contributed by atoms with E-state index in [1.54, 1.807) is 24.3 Å². The summed E-state index contributed by atoms with van der Waals surface area (Å²) in [6, 6.07) is 13.4. The molecule has 2 aromatic rings. The quantitative estimate of drug-likeness (QED) is 0.880. The number of halogens is 1. The Labute approximate surface area is 111 Å². The van der Waals surface area contributed by atoms with Crippen LogP contribution in [0.2, 0.25) is 5.02 Å².